The Kier molecular flexibility index (Phi) is 25.4. The van der Waals surface area contributed by atoms with E-state index in [2.05, 4.69) is 0 Å². The Morgan fingerprint density at radius 2 is 1.54 bits per heavy atom. The number of aldehydes is 2. The summed E-state index contributed by atoms with van der Waals surface area (Å²) in [5.41, 5.74) is 0. The summed E-state index contributed by atoms with van der Waals surface area (Å²) in [5, 5.41) is 9.26. The Balaban J connectivity index is -0.000000150. The first kappa shape index (κ1) is 18.6. The van der Waals surface area contributed by atoms with Crippen LogP contribution >= 0.6 is 0 Å². The number of carbonyl (C=O) groups is 3. The molecular formula is C8H13NaO4. The van der Waals surface area contributed by atoms with Crippen molar-refractivity contribution in [2.24, 2.45) is 0 Å². The summed E-state index contributed by atoms with van der Waals surface area (Å²) in [6.45, 7) is 1.54. The molecule has 0 aromatic heterocycles. The van der Waals surface area contributed by atoms with Crippen molar-refractivity contribution in [2.75, 3.05) is 0 Å². The standard InChI is InChI=1S/C5H8O2.C3H6O2.Na/c6-4-2-1-3-5-7;1-2-3(4)5;/h4-5H,1-3H2;2H2,1H3,(H,4,5);/q;;+1/p-1. The van der Waals surface area contributed by atoms with Crippen LogP contribution in [-0.2, 0) is 14.4 Å². The number of hydrogen-bond donors (Lipinski definition) is 0. The predicted molar refractivity (Wildman–Crippen MR) is 41.3 cm³/mol. The van der Waals surface area contributed by atoms with Crippen LogP contribution < -0.4 is 34.7 Å². The minimum atomic E-state index is -0.995. The number of rotatable bonds is 5. The van der Waals surface area contributed by atoms with Gasteiger partial charge in [0.2, 0.25) is 0 Å². The summed E-state index contributed by atoms with van der Waals surface area (Å²) >= 11 is 0. The minimum Gasteiger partial charge on any atom is -0.550 e. The topological polar surface area (TPSA) is 74.3 Å². The van der Waals surface area contributed by atoms with Crippen molar-refractivity contribution in [3.8, 4) is 0 Å². The van der Waals surface area contributed by atoms with Gasteiger partial charge in [0, 0.05) is 18.8 Å². The Morgan fingerprint density at radius 1 is 1.23 bits per heavy atom. The van der Waals surface area contributed by atoms with Crippen molar-refractivity contribution in [3.05, 3.63) is 0 Å². The molecule has 0 bridgehead atoms. The number of hydrogen-bond acceptors (Lipinski definition) is 4. The average Bonchev–Trinajstić information content (AvgIpc) is 2.07. The van der Waals surface area contributed by atoms with Gasteiger partial charge in [-0.2, -0.15) is 0 Å². The zero-order valence-corrected chi connectivity index (χ0v) is 10.1. The molecule has 0 radical (unpaired) electrons. The van der Waals surface area contributed by atoms with E-state index in [9.17, 15) is 19.5 Å². The maximum atomic E-state index is 9.56. The summed E-state index contributed by atoms with van der Waals surface area (Å²) in [7, 11) is 0. The Morgan fingerprint density at radius 3 is 1.69 bits per heavy atom. The molecule has 0 aromatic rings. The fraction of sp³-hybridized carbons (Fsp3) is 0.625. The molecular weight excluding hydrogens is 183 g/mol. The molecule has 0 amide bonds. The van der Waals surface area contributed by atoms with Gasteiger partial charge in [0.15, 0.2) is 0 Å². The predicted octanol–water partition coefficient (Wildman–Crippen LogP) is -3.30. The van der Waals surface area contributed by atoms with E-state index in [-0.39, 0.29) is 36.0 Å². The SMILES string of the molecule is CCC(=O)[O-].O=CCCCC=O.[Na+]. The first-order valence-electron chi connectivity index (χ1n) is 3.76. The molecule has 0 aliphatic carbocycles. The maximum absolute atomic E-state index is 9.56. The number of unbranched alkanes of at least 4 members (excludes halogenated alkanes) is 2. The molecule has 0 unspecified atom stereocenters. The van der Waals surface area contributed by atoms with Crippen molar-refractivity contribution in [2.45, 2.75) is 32.6 Å². The van der Waals surface area contributed by atoms with Gasteiger partial charge < -0.3 is 19.5 Å². The van der Waals surface area contributed by atoms with Gasteiger partial charge >= 0.3 is 29.6 Å². The molecule has 0 saturated heterocycles. The van der Waals surface area contributed by atoms with Gasteiger partial charge in [-0.25, -0.2) is 0 Å². The van der Waals surface area contributed by atoms with Crippen molar-refractivity contribution in [1.82, 2.24) is 0 Å². The molecule has 0 spiro atoms. The van der Waals surface area contributed by atoms with Gasteiger partial charge in [-0.3, -0.25) is 0 Å². The first-order valence-corrected chi connectivity index (χ1v) is 3.76. The molecule has 0 aliphatic rings. The quantitative estimate of drug-likeness (QED) is 0.262. The second-order valence-electron chi connectivity index (χ2n) is 1.99. The molecule has 0 N–H and O–H groups in total. The fourth-order valence-electron chi connectivity index (χ4n) is 0.285. The van der Waals surface area contributed by atoms with Crippen LogP contribution in [0.5, 0.6) is 0 Å². The fourth-order valence-corrected chi connectivity index (χ4v) is 0.285. The number of aliphatic carboxylic acids is 1. The molecule has 0 rings (SSSR count). The number of carboxylic acid groups (broad SMARTS) is 1. The van der Waals surface area contributed by atoms with E-state index in [4.69, 9.17) is 0 Å². The Bertz CT molecular complexity index is 128. The van der Waals surface area contributed by atoms with Crippen LogP contribution in [0.25, 0.3) is 0 Å². The third-order valence-electron chi connectivity index (χ3n) is 0.933. The zero-order chi connectivity index (χ0) is 9.82. The summed E-state index contributed by atoms with van der Waals surface area (Å²) < 4.78 is 0. The largest absolute Gasteiger partial charge is 1.00 e. The van der Waals surface area contributed by atoms with E-state index in [1.54, 1.807) is 0 Å². The smallest absolute Gasteiger partial charge is 0.550 e. The normalized spacial score (nSPS) is 7.15. The molecule has 0 atom stereocenters. The third kappa shape index (κ3) is 33.7. The van der Waals surface area contributed by atoms with Crippen molar-refractivity contribution in [1.29, 1.82) is 0 Å². The van der Waals surface area contributed by atoms with E-state index in [0.717, 1.165) is 12.6 Å². The molecule has 0 saturated carbocycles. The molecule has 70 valence electrons. The van der Waals surface area contributed by atoms with E-state index in [0.29, 0.717) is 19.3 Å². The van der Waals surface area contributed by atoms with Gasteiger partial charge in [0.05, 0.1) is 0 Å². The minimum absolute atomic E-state index is 0. The molecule has 0 heterocycles. The third-order valence-corrected chi connectivity index (χ3v) is 0.933. The van der Waals surface area contributed by atoms with Crippen LogP contribution in [0, 0.1) is 0 Å². The van der Waals surface area contributed by atoms with Gasteiger partial charge in [-0.1, -0.05) is 6.92 Å². The monoisotopic (exact) mass is 196 g/mol. The van der Waals surface area contributed by atoms with E-state index in [1.165, 1.54) is 6.92 Å². The maximum Gasteiger partial charge on any atom is 1.00 e. The van der Waals surface area contributed by atoms with Crippen LogP contribution in [0.1, 0.15) is 32.6 Å². The van der Waals surface area contributed by atoms with Gasteiger partial charge in [-0.15, -0.1) is 0 Å². The van der Waals surface area contributed by atoms with Crippen LogP contribution in [0.3, 0.4) is 0 Å². The van der Waals surface area contributed by atoms with Crippen LogP contribution in [0.2, 0.25) is 0 Å². The molecule has 0 aromatic carbocycles. The van der Waals surface area contributed by atoms with Gasteiger partial charge in [-0.05, 0) is 12.8 Å². The summed E-state index contributed by atoms with van der Waals surface area (Å²) in [6, 6.07) is 0. The van der Waals surface area contributed by atoms with Crippen molar-refractivity contribution < 1.29 is 49.0 Å². The van der Waals surface area contributed by atoms with Crippen LogP contribution in [-0.4, -0.2) is 18.5 Å². The molecule has 0 fully saturated rings. The van der Waals surface area contributed by atoms with E-state index >= 15 is 0 Å². The molecule has 5 heteroatoms. The molecule has 4 nitrogen and oxygen atoms in total. The second-order valence-corrected chi connectivity index (χ2v) is 1.99. The molecule has 0 aliphatic heterocycles. The van der Waals surface area contributed by atoms with Crippen LogP contribution in [0.4, 0.5) is 0 Å². The average molecular weight is 196 g/mol. The van der Waals surface area contributed by atoms with Crippen molar-refractivity contribution in [3.63, 3.8) is 0 Å². The summed E-state index contributed by atoms with van der Waals surface area (Å²) in [6.07, 6.45) is 3.48. The van der Waals surface area contributed by atoms with Gasteiger partial charge in [0.1, 0.15) is 12.6 Å². The first-order chi connectivity index (χ1) is 5.68. The van der Waals surface area contributed by atoms with Crippen molar-refractivity contribution >= 4 is 18.5 Å². The van der Waals surface area contributed by atoms with Crippen LogP contribution in [0.15, 0.2) is 0 Å². The van der Waals surface area contributed by atoms with Gasteiger partial charge in [0.25, 0.3) is 0 Å². The number of carboxylic acids is 1. The Labute approximate surface area is 100.0 Å². The zero-order valence-electron chi connectivity index (χ0n) is 8.12. The summed E-state index contributed by atoms with van der Waals surface area (Å²) in [4.78, 5) is 28.4. The van der Waals surface area contributed by atoms with E-state index in [1.807, 2.05) is 0 Å². The number of carbonyl (C=O) groups excluding carboxylic acids is 3. The van der Waals surface area contributed by atoms with E-state index < -0.39 is 5.97 Å². The summed E-state index contributed by atoms with van der Waals surface area (Å²) in [5.74, 6) is -0.995. The Hall–Kier alpha value is -0.190. The molecule has 13 heavy (non-hydrogen) atoms. The second kappa shape index (κ2) is 17.8.